The first-order valence-electron chi connectivity index (χ1n) is 4.58. The predicted molar refractivity (Wildman–Crippen MR) is 47.6 cm³/mol. The molecule has 0 aromatic heterocycles. The monoisotopic (exact) mass is 199 g/mol. The van der Waals surface area contributed by atoms with Gasteiger partial charge in [-0.2, -0.15) is 0 Å². The highest BCUT2D eigenvalue weighted by Crippen LogP contribution is 2.21. The van der Waals surface area contributed by atoms with Crippen LogP contribution in [0.25, 0.3) is 0 Å². The highest BCUT2D eigenvalue weighted by Gasteiger charge is 2.38. The normalized spacial score (nSPS) is 25.1. The Morgan fingerprint density at radius 1 is 1.50 bits per heavy atom. The molecule has 0 unspecified atom stereocenters. The number of ketones is 1. The van der Waals surface area contributed by atoms with Crippen LogP contribution in [0.1, 0.15) is 26.2 Å². The van der Waals surface area contributed by atoms with Crippen molar-refractivity contribution in [3.63, 3.8) is 0 Å². The Balaban J connectivity index is 2.35. The van der Waals surface area contributed by atoms with Crippen molar-refractivity contribution in [3.05, 3.63) is 0 Å². The molecule has 1 heterocycles. The van der Waals surface area contributed by atoms with E-state index in [1.54, 1.807) is 0 Å². The van der Waals surface area contributed by atoms with E-state index in [9.17, 15) is 14.4 Å². The second-order valence-corrected chi connectivity index (χ2v) is 3.44. The Morgan fingerprint density at radius 2 is 2.14 bits per heavy atom. The number of carbonyl (C=O) groups is 3. The van der Waals surface area contributed by atoms with E-state index in [0.717, 1.165) is 0 Å². The van der Waals surface area contributed by atoms with Crippen LogP contribution in [0.5, 0.6) is 0 Å². The zero-order valence-electron chi connectivity index (χ0n) is 7.95. The summed E-state index contributed by atoms with van der Waals surface area (Å²) >= 11 is 0. The molecule has 14 heavy (non-hydrogen) atoms. The summed E-state index contributed by atoms with van der Waals surface area (Å²) < 4.78 is 0. The van der Waals surface area contributed by atoms with Crippen molar-refractivity contribution in [1.29, 1.82) is 0 Å². The molecular formula is C9H13NO4. The lowest BCUT2D eigenvalue weighted by atomic mass is 9.84. The van der Waals surface area contributed by atoms with Gasteiger partial charge < -0.3 is 10.4 Å². The number of hydrogen-bond donors (Lipinski definition) is 2. The standard InChI is InChI=1S/C9H13NO4/c1-2-6-7(10-9(6)14)3-5(11)4-8(12)13/h6-7H,2-4H2,1H3,(H,10,14)(H,12,13)/t6-,7+/m0/s1. The van der Waals surface area contributed by atoms with Crippen LogP contribution in [-0.2, 0) is 14.4 Å². The van der Waals surface area contributed by atoms with Crippen LogP contribution >= 0.6 is 0 Å². The number of amides is 1. The molecule has 1 saturated heterocycles. The molecule has 2 N–H and O–H groups in total. The smallest absolute Gasteiger partial charge is 0.310 e. The van der Waals surface area contributed by atoms with Gasteiger partial charge in [-0.15, -0.1) is 0 Å². The third kappa shape index (κ3) is 2.31. The van der Waals surface area contributed by atoms with Crippen LogP contribution < -0.4 is 5.32 Å². The fourth-order valence-corrected chi connectivity index (χ4v) is 1.63. The summed E-state index contributed by atoms with van der Waals surface area (Å²) in [5, 5.41) is 10.9. The van der Waals surface area contributed by atoms with Crippen LogP contribution in [-0.4, -0.2) is 28.8 Å². The lowest BCUT2D eigenvalue weighted by Crippen LogP contribution is -2.58. The summed E-state index contributed by atoms with van der Waals surface area (Å²) in [4.78, 5) is 32.2. The molecule has 0 aliphatic carbocycles. The van der Waals surface area contributed by atoms with E-state index < -0.39 is 12.4 Å². The zero-order valence-corrected chi connectivity index (χ0v) is 7.95. The average molecular weight is 199 g/mol. The van der Waals surface area contributed by atoms with Crippen molar-refractivity contribution in [1.82, 2.24) is 5.32 Å². The number of Topliss-reactive ketones (excluding diaryl/α,β-unsaturated/α-hetero) is 1. The minimum absolute atomic E-state index is 0.0411. The van der Waals surface area contributed by atoms with Gasteiger partial charge in [0.15, 0.2) is 0 Å². The Labute approximate surface area is 81.5 Å². The van der Waals surface area contributed by atoms with E-state index in [0.29, 0.717) is 6.42 Å². The molecule has 0 aromatic carbocycles. The number of rotatable bonds is 5. The number of aliphatic carboxylic acids is 1. The highest BCUT2D eigenvalue weighted by atomic mass is 16.4. The van der Waals surface area contributed by atoms with E-state index in [2.05, 4.69) is 5.32 Å². The molecule has 1 rings (SSSR count). The lowest BCUT2D eigenvalue weighted by molar-refractivity contribution is -0.141. The molecule has 5 nitrogen and oxygen atoms in total. The molecule has 0 spiro atoms. The van der Waals surface area contributed by atoms with Gasteiger partial charge in [0.1, 0.15) is 12.2 Å². The van der Waals surface area contributed by atoms with E-state index in [-0.39, 0.29) is 30.1 Å². The summed E-state index contributed by atoms with van der Waals surface area (Å²) in [5.41, 5.74) is 0. The van der Waals surface area contributed by atoms with Crippen molar-refractivity contribution in [2.45, 2.75) is 32.2 Å². The van der Waals surface area contributed by atoms with Gasteiger partial charge >= 0.3 is 5.97 Å². The summed E-state index contributed by atoms with van der Waals surface area (Å²) in [7, 11) is 0. The minimum atomic E-state index is -1.12. The van der Waals surface area contributed by atoms with Crippen molar-refractivity contribution in [2.24, 2.45) is 5.92 Å². The van der Waals surface area contributed by atoms with Gasteiger partial charge in [0, 0.05) is 12.5 Å². The van der Waals surface area contributed by atoms with Gasteiger partial charge in [-0.3, -0.25) is 14.4 Å². The predicted octanol–water partition coefficient (Wildman–Crippen LogP) is -0.0551. The van der Waals surface area contributed by atoms with Crippen LogP contribution in [0.2, 0.25) is 0 Å². The van der Waals surface area contributed by atoms with Gasteiger partial charge in [-0.1, -0.05) is 6.92 Å². The maximum absolute atomic E-state index is 11.1. The zero-order chi connectivity index (χ0) is 10.7. The summed E-state index contributed by atoms with van der Waals surface area (Å²) in [5.74, 6) is -1.61. The average Bonchev–Trinajstić information content (AvgIpc) is 2.02. The molecule has 1 fully saturated rings. The van der Waals surface area contributed by atoms with Crippen LogP contribution in [0, 0.1) is 5.92 Å². The van der Waals surface area contributed by atoms with E-state index >= 15 is 0 Å². The van der Waals surface area contributed by atoms with Crippen LogP contribution in [0.4, 0.5) is 0 Å². The Hall–Kier alpha value is -1.39. The van der Waals surface area contributed by atoms with Gasteiger partial charge in [0.05, 0.1) is 5.92 Å². The van der Waals surface area contributed by atoms with Crippen molar-refractivity contribution in [3.8, 4) is 0 Å². The number of β-lactam (4-membered cyclic amide) rings is 1. The first-order valence-corrected chi connectivity index (χ1v) is 4.58. The quantitative estimate of drug-likeness (QED) is 0.480. The highest BCUT2D eigenvalue weighted by molar-refractivity contribution is 5.96. The number of hydrogen-bond acceptors (Lipinski definition) is 3. The van der Waals surface area contributed by atoms with E-state index in [1.165, 1.54) is 0 Å². The molecule has 0 aromatic rings. The molecule has 5 heteroatoms. The largest absolute Gasteiger partial charge is 0.481 e. The third-order valence-electron chi connectivity index (χ3n) is 2.39. The number of nitrogens with one attached hydrogen (secondary N) is 1. The fraction of sp³-hybridized carbons (Fsp3) is 0.667. The van der Waals surface area contributed by atoms with Gasteiger partial charge in [-0.05, 0) is 6.42 Å². The summed E-state index contributed by atoms with van der Waals surface area (Å²) in [6.07, 6.45) is 0.371. The first kappa shape index (κ1) is 10.7. The summed E-state index contributed by atoms with van der Waals surface area (Å²) in [6, 6.07) is -0.153. The van der Waals surface area contributed by atoms with Gasteiger partial charge in [0.25, 0.3) is 0 Å². The Morgan fingerprint density at radius 3 is 2.57 bits per heavy atom. The molecule has 78 valence electrons. The molecule has 2 atom stereocenters. The molecule has 0 radical (unpaired) electrons. The van der Waals surface area contributed by atoms with E-state index in [1.807, 2.05) is 6.92 Å². The number of carboxylic acids is 1. The maximum atomic E-state index is 11.1. The lowest BCUT2D eigenvalue weighted by Gasteiger charge is -2.35. The summed E-state index contributed by atoms with van der Waals surface area (Å²) in [6.45, 7) is 1.87. The minimum Gasteiger partial charge on any atom is -0.481 e. The fourth-order valence-electron chi connectivity index (χ4n) is 1.63. The third-order valence-corrected chi connectivity index (χ3v) is 2.39. The molecule has 0 bridgehead atoms. The molecule has 0 saturated carbocycles. The Bertz CT molecular complexity index is 274. The van der Waals surface area contributed by atoms with Crippen LogP contribution in [0.15, 0.2) is 0 Å². The molecular weight excluding hydrogens is 186 g/mol. The second-order valence-electron chi connectivity index (χ2n) is 3.44. The molecule has 1 aliphatic heterocycles. The van der Waals surface area contributed by atoms with Crippen LogP contribution in [0.3, 0.4) is 0 Å². The second kappa shape index (κ2) is 4.21. The number of carbonyl (C=O) groups excluding carboxylic acids is 2. The topological polar surface area (TPSA) is 83.5 Å². The van der Waals surface area contributed by atoms with E-state index in [4.69, 9.17) is 5.11 Å². The maximum Gasteiger partial charge on any atom is 0.310 e. The molecule has 1 amide bonds. The number of carboxylic acid groups (broad SMARTS) is 1. The Kier molecular flexibility index (Phi) is 3.22. The van der Waals surface area contributed by atoms with Crippen molar-refractivity contribution < 1.29 is 19.5 Å². The van der Waals surface area contributed by atoms with Crippen molar-refractivity contribution in [2.75, 3.05) is 0 Å². The molecule has 1 aliphatic rings. The van der Waals surface area contributed by atoms with Gasteiger partial charge in [0.2, 0.25) is 5.91 Å². The first-order chi connectivity index (χ1) is 6.54. The van der Waals surface area contributed by atoms with Crippen molar-refractivity contribution >= 4 is 17.7 Å². The van der Waals surface area contributed by atoms with Gasteiger partial charge in [-0.25, -0.2) is 0 Å². The SMILES string of the molecule is CC[C@@H]1C(=O)N[C@@H]1CC(=O)CC(=O)O.